The van der Waals surface area contributed by atoms with Crippen molar-refractivity contribution in [1.82, 2.24) is 4.98 Å². The third-order valence-corrected chi connectivity index (χ3v) is 3.83. The van der Waals surface area contributed by atoms with Crippen molar-refractivity contribution in [2.24, 2.45) is 5.41 Å². The zero-order valence-corrected chi connectivity index (χ0v) is 11.1. The minimum absolute atomic E-state index is 0.112. The van der Waals surface area contributed by atoms with Crippen molar-refractivity contribution in [2.75, 3.05) is 11.9 Å². The highest BCUT2D eigenvalue weighted by Gasteiger charge is 2.27. The average Bonchev–Trinajstić information content (AvgIpc) is 2.38. The van der Waals surface area contributed by atoms with E-state index in [0.29, 0.717) is 6.54 Å². The monoisotopic (exact) mass is 266 g/mol. The molecule has 1 aliphatic carbocycles. The van der Waals surface area contributed by atoms with Gasteiger partial charge in [0.1, 0.15) is 17.2 Å². The highest BCUT2D eigenvalue weighted by Crippen LogP contribution is 2.35. The van der Waals surface area contributed by atoms with Gasteiger partial charge in [-0.1, -0.05) is 26.2 Å². The summed E-state index contributed by atoms with van der Waals surface area (Å²) in [6, 6.07) is 1.00. The Hall–Kier alpha value is -1.65. The third kappa shape index (κ3) is 3.43. The fourth-order valence-corrected chi connectivity index (χ4v) is 2.62. The van der Waals surface area contributed by atoms with Gasteiger partial charge in [0.2, 0.25) is 0 Å². The molecule has 0 radical (unpaired) electrons. The Morgan fingerprint density at radius 1 is 1.47 bits per heavy atom. The molecule has 1 heterocycles. The summed E-state index contributed by atoms with van der Waals surface area (Å²) in [4.78, 5) is 14.9. The fourth-order valence-electron chi connectivity index (χ4n) is 2.62. The van der Waals surface area contributed by atoms with Crippen LogP contribution in [0.4, 0.5) is 10.2 Å². The highest BCUT2D eigenvalue weighted by molar-refractivity contribution is 5.93. The van der Waals surface area contributed by atoms with Crippen molar-refractivity contribution in [3.8, 4) is 0 Å². The normalized spacial score (nSPS) is 18.0. The molecule has 0 aliphatic heterocycles. The number of halogens is 1. The van der Waals surface area contributed by atoms with Gasteiger partial charge in [0.25, 0.3) is 0 Å². The van der Waals surface area contributed by atoms with E-state index in [2.05, 4.69) is 17.2 Å². The summed E-state index contributed by atoms with van der Waals surface area (Å²) in [6.45, 7) is 2.87. The number of carboxylic acids is 1. The minimum Gasteiger partial charge on any atom is -0.478 e. The van der Waals surface area contributed by atoms with Crippen molar-refractivity contribution < 1.29 is 14.3 Å². The van der Waals surface area contributed by atoms with Crippen molar-refractivity contribution in [2.45, 2.75) is 39.0 Å². The van der Waals surface area contributed by atoms with Crippen molar-refractivity contribution in [3.63, 3.8) is 0 Å². The fraction of sp³-hybridized carbons (Fsp3) is 0.571. The predicted octanol–water partition coefficient (Wildman–Crippen LogP) is 3.30. The van der Waals surface area contributed by atoms with Crippen LogP contribution in [0.15, 0.2) is 12.3 Å². The zero-order valence-electron chi connectivity index (χ0n) is 11.1. The number of carbonyl (C=O) groups is 1. The van der Waals surface area contributed by atoms with Crippen molar-refractivity contribution in [1.29, 1.82) is 0 Å². The second-order valence-corrected chi connectivity index (χ2v) is 5.58. The second kappa shape index (κ2) is 5.55. The number of hydrogen-bond acceptors (Lipinski definition) is 3. The number of pyridine rings is 1. The van der Waals surface area contributed by atoms with Crippen molar-refractivity contribution in [3.05, 3.63) is 23.6 Å². The van der Waals surface area contributed by atoms with Gasteiger partial charge in [0.05, 0.1) is 6.20 Å². The highest BCUT2D eigenvalue weighted by atomic mass is 19.1. The van der Waals surface area contributed by atoms with Crippen LogP contribution >= 0.6 is 0 Å². The van der Waals surface area contributed by atoms with Crippen LogP contribution in [-0.2, 0) is 0 Å². The van der Waals surface area contributed by atoms with E-state index >= 15 is 0 Å². The van der Waals surface area contributed by atoms with Gasteiger partial charge >= 0.3 is 5.97 Å². The first-order chi connectivity index (χ1) is 9.00. The van der Waals surface area contributed by atoms with E-state index in [9.17, 15) is 9.18 Å². The maximum atomic E-state index is 13.0. The largest absolute Gasteiger partial charge is 0.478 e. The number of anilines is 1. The molecule has 104 valence electrons. The predicted molar refractivity (Wildman–Crippen MR) is 70.8 cm³/mol. The third-order valence-electron chi connectivity index (χ3n) is 3.83. The quantitative estimate of drug-likeness (QED) is 0.877. The second-order valence-electron chi connectivity index (χ2n) is 5.58. The Bertz CT molecular complexity index is 471. The van der Waals surface area contributed by atoms with Gasteiger partial charge in [0.15, 0.2) is 0 Å². The number of hydrogen-bond donors (Lipinski definition) is 2. The van der Waals surface area contributed by atoms with Gasteiger partial charge in [-0.05, 0) is 24.3 Å². The standard InChI is InChI=1S/C14H19FN2O2/c1-14(5-3-2-4-6-14)9-17-12-11(13(18)19)7-10(15)8-16-12/h7-8H,2-6,9H2,1H3,(H,16,17)(H,18,19). The first-order valence-corrected chi connectivity index (χ1v) is 6.63. The smallest absolute Gasteiger partial charge is 0.339 e. The number of aromatic carboxylic acids is 1. The molecule has 0 bridgehead atoms. The van der Waals surface area contributed by atoms with Gasteiger partial charge in [-0.3, -0.25) is 0 Å². The zero-order chi connectivity index (χ0) is 13.9. The lowest BCUT2D eigenvalue weighted by Crippen LogP contribution is -2.29. The van der Waals surface area contributed by atoms with Crippen LogP contribution in [0.25, 0.3) is 0 Å². The van der Waals surface area contributed by atoms with E-state index in [1.807, 2.05) is 0 Å². The van der Waals surface area contributed by atoms with Crippen LogP contribution in [0.5, 0.6) is 0 Å². The van der Waals surface area contributed by atoms with Crippen LogP contribution in [-0.4, -0.2) is 22.6 Å². The van der Waals surface area contributed by atoms with Crippen LogP contribution < -0.4 is 5.32 Å². The molecule has 0 spiro atoms. The Morgan fingerprint density at radius 3 is 2.79 bits per heavy atom. The van der Waals surface area contributed by atoms with E-state index in [1.54, 1.807) is 0 Å². The topological polar surface area (TPSA) is 62.2 Å². The lowest BCUT2D eigenvalue weighted by atomic mass is 9.76. The molecule has 5 heteroatoms. The number of nitrogens with zero attached hydrogens (tertiary/aromatic N) is 1. The maximum absolute atomic E-state index is 13.0. The van der Waals surface area contributed by atoms with Gasteiger partial charge in [-0.25, -0.2) is 14.2 Å². The molecule has 1 saturated carbocycles. The molecule has 0 amide bonds. The maximum Gasteiger partial charge on any atom is 0.339 e. The minimum atomic E-state index is -1.16. The van der Waals surface area contributed by atoms with E-state index in [1.165, 1.54) is 19.3 Å². The summed E-state index contributed by atoms with van der Waals surface area (Å²) < 4.78 is 13.0. The molecule has 0 atom stereocenters. The molecule has 1 fully saturated rings. The summed E-state index contributed by atoms with van der Waals surface area (Å²) in [6.07, 6.45) is 6.98. The molecule has 2 rings (SSSR count). The SMILES string of the molecule is CC1(CNc2ncc(F)cc2C(=O)O)CCCCC1. The molecule has 2 N–H and O–H groups in total. The molecule has 4 nitrogen and oxygen atoms in total. The average molecular weight is 266 g/mol. The van der Waals surface area contributed by atoms with Crippen molar-refractivity contribution >= 4 is 11.8 Å². The van der Waals surface area contributed by atoms with E-state index in [4.69, 9.17) is 5.11 Å². The van der Waals surface area contributed by atoms with Gasteiger partial charge in [-0.15, -0.1) is 0 Å². The molecule has 19 heavy (non-hydrogen) atoms. The van der Waals surface area contributed by atoms with Gasteiger partial charge in [0, 0.05) is 6.54 Å². The first kappa shape index (κ1) is 13.8. The van der Waals surface area contributed by atoms with Crippen LogP contribution in [0.2, 0.25) is 0 Å². The molecule has 0 saturated heterocycles. The summed E-state index contributed by atoms with van der Waals surface area (Å²) >= 11 is 0. The number of nitrogens with one attached hydrogen (secondary N) is 1. The van der Waals surface area contributed by atoms with Crippen LogP contribution in [0.3, 0.4) is 0 Å². The first-order valence-electron chi connectivity index (χ1n) is 6.63. The van der Waals surface area contributed by atoms with Crippen LogP contribution in [0.1, 0.15) is 49.4 Å². The van der Waals surface area contributed by atoms with E-state index in [0.717, 1.165) is 25.1 Å². The number of rotatable bonds is 4. The molecule has 0 unspecified atom stereocenters. The Balaban J connectivity index is 2.08. The Morgan fingerprint density at radius 2 is 2.16 bits per heavy atom. The molecular formula is C14H19FN2O2. The lowest BCUT2D eigenvalue weighted by molar-refractivity contribution is 0.0697. The molecule has 1 aliphatic rings. The summed E-state index contributed by atoms with van der Waals surface area (Å²) in [5.74, 6) is -1.55. The van der Waals surface area contributed by atoms with Gasteiger partial charge < -0.3 is 10.4 Å². The molecule has 1 aromatic heterocycles. The molecular weight excluding hydrogens is 247 g/mol. The summed E-state index contributed by atoms with van der Waals surface area (Å²) in [5.41, 5.74) is 0.0591. The Kier molecular flexibility index (Phi) is 4.02. The number of carboxylic acid groups (broad SMARTS) is 1. The summed E-state index contributed by atoms with van der Waals surface area (Å²) in [5, 5.41) is 12.1. The lowest BCUT2D eigenvalue weighted by Gasteiger charge is -2.33. The molecule has 0 aromatic carbocycles. The summed E-state index contributed by atoms with van der Waals surface area (Å²) in [7, 11) is 0. The Labute approximate surface area is 112 Å². The van der Waals surface area contributed by atoms with Crippen LogP contribution in [0, 0.1) is 11.2 Å². The number of aromatic nitrogens is 1. The molecule has 1 aromatic rings. The van der Waals surface area contributed by atoms with Gasteiger partial charge in [-0.2, -0.15) is 0 Å². The van der Waals surface area contributed by atoms with E-state index in [-0.39, 0.29) is 16.8 Å². The van der Waals surface area contributed by atoms with E-state index < -0.39 is 11.8 Å².